The van der Waals surface area contributed by atoms with Crippen LogP contribution in [-0.2, 0) is 5.60 Å². The third-order valence-corrected chi connectivity index (χ3v) is 4.96. The molecule has 0 spiro atoms. The fourth-order valence-electron chi connectivity index (χ4n) is 3.09. The molecule has 1 aliphatic heterocycles. The molecule has 0 amide bonds. The summed E-state index contributed by atoms with van der Waals surface area (Å²) in [6.45, 7) is 1.30. The molecule has 0 saturated carbocycles. The van der Waals surface area contributed by atoms with E-state index in [9.17, 15) is 22.7 Å². The lowest BCUT2D eigenvalue weighted by Crippen LogP contribution is -2.60. The molecule has 0 aromatic heterocycles. The molecule has 1 saturated heterocycles. The second-order valence-corrected chi connectivity index (χ2v) is 7.02. The molecule has 27 heavy (non-hydrogen) atoms. The smallest absolute Gasteiger partial charge is 0.406 e. The molecule has 0 aliphatic carbocycles. The van der Waals surface area contributed by atoms with Gasteiger partial charge in [-0.05, 0) is 70.8 Å². The fraction of sp³-hybridized carbons (Fsp3) is 0.333. The Labute approximate surface area is 161 Å². The van der Waals surface area contributed by atoms with Crippen molar-refractivity contribution in [1.29, 1.82) is 0 Å². The first-order chi connectivity index (χ1) is 12.7. The van der Waals surface area contributed by atoms with E-state index in [2.05, 4.69) is 31.3 Å². The highest BCUT2D eigenvalue weighted by Gasteiger charge is 2.41. The lowest BCUT2D eigenvalue weighted by Gasteiger charge is -2.40. The van der Waals surface area contributed by atoms with E-state index in [4.69, 9.17) is 0 Å². The van der Waals surface area contributed by atoms with Crippen LogP contribution in [0.1, 0.15) is 17.5 Å². The summed E-state index contributed by atoms with van der Waals surface area (Å²) in [7, 11) is 0. The number of nitrogens with one attached hydrogen (secondary N) is 2. The monoisotopic (exact) mass is 448 g/mol. The molecule has 1 aliphatic rings. The maximum absolute atomic E-state index is 13.7. The first-order valence-electron chi connectivity index (χ1n) is 8.21. The first kappa shape index (κ1) is 20.1. The number of halogens is 5. The zero-order chi connectivity index (χ0) is 19.7. The van der Waals surface area contributed by atoms with Crippen LogP contribution in [-0.4, -0.2) is 30.7 Å². The van der Waals surface area contributed by atoms with Crippen LogP contribution in [0.4, 0.5) is 17.6 Å². The maximum atomic E-state index is 13.7. The summed E-state index contributed by atoms with van der Waals surface area (Å²) in [5.74, 6) is -0.877. The Kier molecular flexibility index (Phi) is 5.76. The summed E-state index contributed by atoms with van der Waals surface area (Å²) in [5.41, 5.74) is -0.928. The Morgan fingerprint density at radius 2 is 1.59 bits per heavy atom. The highest BCUT2D eigenvalue weighted by Crippen LogP contribution is 2.36. The van der Waals surface area contributed by atoms with Gasteiger partial charge >= 0.3 is 6.36 Å². The lowest BCUT2D eigenvalue weighted by atomic mass is 9.82. The van der Waals surface area contributed by atoms with Crippen molar-refractivity contribution in [3.8, 4) is 5.75 Å². The number of ether oxygens (including phenoxy) is 1. The predicted molar refractivity (Wildman–Crippen MR) is 94.6 cm³/mol. The van der Waals surface area contributed by atoms with Gasteiger partial charge in [-0.15, -0.1) is 13.2 Å². The average Bonchev–Trinajstić information content (AvgIpc) is 2.63. The number of aliphatic hydroxyl groups is 1. The van der Waals surface area contributed by atoms with Gasteiger partial charge in [-0.25, -0.2) is 4.39 Å². The van der Waals surface area contributed by atoms with E-state index in [-0.39, 0.29) is 4.47 Å². The normalized spacial score (nSPS) is 18.1. The van der Waals surface area contributed by atoms with Crippen molar-refractivity contribution in [3.63, 3.8) is 0 Å². The maximum Gasteiger partial charge on any atom is 0.573 e. The number of alkyl halides is 3. The van der Waals surface area contributed by atoms with Crippen LogP contribution in [0.5, 0.6) is 5.75 Å². The van der Waals surface area contributed by atoms with E-state index < -0.39 is 29.7 Å². The molecule has 0 radical (unpaired) electrons. The molecule has 2 aromatic rings. The Hall–Kier alpha value is -1.68. The number of rotatable bonds is 4. The number of benzene rings is 2. The second-order valence-electron chi connectivity index (χ2n) is 6.16. The molecule has 3 N–H and O–H groups in total. The summed E-state index contributed by atoms with van der Waals surface area (Å²) in [4.78, 5) is 0. The quantitative estimate of drug-likeness (QED) is 0.625. The van der Waals surface area contributed by atoms with E-state index in [1.165, 1.54) is 30.3 Å². The van der Waals surface area contributed by atoms with Crippen molar-refractivity contribution >= 4 is 15.9 Å². The third-order valence-electron chi connectivity index (χ3n) is 4.36. The first-order valence-corrected chi connectivity index (χ1v) is 9.00. The van der Waals surface area contributed by atoms with Gasteiger partial charge in [0.15, 0.2) is 0 Å². The fourth-order valence-corrected chi connectivity index (χ4v) is 3.47. The Balaban J connectivity index is 2.02. The average molecular weight is 449 g/mol. The van der Waals surface area contributed by atoms with E-state index in [1.807, 2.05) is 0 Å². The van der Waals surface area contributed by atoms with Crippen molar-refractivity contribution < 1.29 is 27.4 Å². The van der Waals surface area contributed by atoms with Crippen molar-refractivity contribution in [2.75, 3.05) is 13.1 Å². The van der Waals surface area contributed by atoms with Gasteiger partial charge in [0.25, 0.3) is 0 Å². The summed E-state index contributed by atoms with van der Waals surface area (Å²) in [5, 5.41) is 17.9. The Morgan fingerprint density at radius 1 is 1.00 bits per heavy atom. The van der Waals surface area contributed by atoms with Crippen LogP contribution in [0.25, 0.3) is 0 Å². The highest BCUT2D eigenvalue weighted by molar-refractivity contribution is 9.10. The van der Waals surface area contributed by atoms with Crippen LogP contribution in [0, 0.1) is 5.82 Å². The van der Waals surface area contributed by atoms with E-state index in [0.29, 0.717) is 24.2 Å². The summed E-state index contributed by atoms with van der Waals surface area (Å²) in [6.07, 6.45) is -4.55. The van der Waals surface area contributed by atoms with Crippen LogP contribution in [0.15, 0.2) is 46.9 Å². The van der Waals surface area contributed by atoms with Crippen LogP contribution in [0.3, 0.4) is 0 Å². The number of hydrogen-bond acceptors (Lipinski definition) is 4. The molecular formula is C18H17BrF4N2O2. The SMILES string of the molecule is OC(c1ccc(OC(F)(F)F)cc1)(c1ccc(F)c(Br)c1)C1NCCCN1. The zero-order valence-electron chi connectivity index (χ0n) is 14.0. The molecule has 9 heteroatoms. The standard InChI is InChI=1S/C18H17BrF4N2O2/c19-14-10-12(4-7-15(14)20)17(26,16-24-8-1-9-25-16)11-2-5-13(6-3-11)27-18(21,22)23/h2-7,10,16,24-26H,1,8-9H2. The van der Waals surface area contributed by atoms with Gasteiger partial charge in [-0.1, -0.05) is 18.2 Å². The van der Waals surface area contributed by atoms with Crippen molar-refractivity contribution in [2.24, 2.45) is 0 Å². The molecular weight excluding hydrogens is 432 g/mol. The minimum absolute atomic E-state index is 0.172. The predicted octanol–water partition coefficient (Wildman–Crippen LogP) is 3.63. The van der Waals surface area contributed by atoms with Crippen molar-refractivity contribution in [3.05, 3.63) is 63.9 Å². The van der Waals surface area contributed by atoms with Crippen LogP contribution in [0.2, 0.25) is 0 Å². The summed E-state index contributed by atoms with van der Waals surface area (Å²) >= 11 is 3.11. The molecule has 1 atom stereocenters. The van der Waals surface area contributed by atoms with E-state index in [0.717, 1.165) is 18.6 Å². The topological polar surface area (TPSA) is 53.5 Å². The van der Waals surface area contributed by atoms with Gasteiger partial charge in [-0.3, -0.25) is 10.6 Å². The molecule has 146 valence electrons. The number of hydrogen-bond donors (Lipinski definition) is 3. The van der Waals surface area contributed by atoms with Gasteiger partial charge < -0.3 is 9.84 Å². The van der Waals surface area contributed by atoms with Gasteiger partial charge in [0.1, 0.15) is 17.2 Å². The van der Waals surface area contributed by atoms with Gasteiger partial charge in [0, 0.05) is 0 Å². The van der Waals surface area contributed by atoms with E-state index >= 15 is 0 Å². The summed E-state index contributed by atoms with van der Waals surface area (Å²) < 4.78 is 54.9. The zero-order valence-corrected chi connectivity index (χ0v) is 15.6. The minimum Gasteiger partial charge on any atom is -0.406 e. The molecule has 1 fully saturated rings. The van der Waals surface area contributed by atoms with Gasteiger partial charge in [0.05, 0.1) is 10.6 Å². The molecule has 1 unspecified atom stereocenters. The van der Waals surface area contributed by atoms with Crippen LogP contribution >= 0.6 is 15.9 Å². The minimum atomic E-state index is -4.80. The lowest BCUT2D eigenvalue weighted by molar-refractivity contribution is -0.274. The highest BCUT2D eigenvalue weighted by atomic mass is 79.9. The Bertz CT molecular complexity index is 795. The van der Waals surface area contributed by atoms with E-state index in [1.54, 1.807) is 0 Å². The van der Waals surface area contributed by atoms with Crippen molar-refractivity contribution in [2.45, 2.75) is 24.6 Å². The molecule has 2 aromatic carbocycles. The van der Waals surface area contributed by atoms with Crippen molar-refractivity contribution in [1.82, 2.24) is 10.6 Å². The molecule has 4 nitrogen and oxygen atoms in total. The largest absolute Gasteiger partial charge is 0.573 e. The molecule has 3 rings (SSSR count). The Morgan fingerprint density at radius 3 is 2.15 bits per heavy atom. The second kappa shape index (κ2) is 7.75. The third kappa shape index (κ3) is 4.43. The van der Waals surface area contributed by atoms with Gasteiger partial charge in [0.2, 0.25) is 0 Å². The van der Waals surface area contributed by atoms with Gasteiger partial charge in [-0.2, -0.15) is 0 Å². The van der Waals surface area contributed by atoms with Crippen LogP contribution < -0.4 is 15.4 Å². The molecule has 1 heterocycles. The summed E-state index contributed by atoms with van der Waals surface area (Å²) in [6, 6.07) is 9.09. The molecule has 0 bridgehead atoms.